The van der Waals surface area contributed by atoms with Gasteiger partial charge in [0, 0.05) is 41.7 Å². The molecule has 2 aromatic heterocycles. The number of benzene rings is 2. The first kappa shape index (κ1) is 21.9. The highest BCUT2D eigenvalue weighted by Crippen LogP contribution is 2.38. The number of carbonyl (C=O) groups is 1. The highest BCUT2D eigenvalue weighted by Gasteiger charge is 2.35. The van der Waals surface area contributed by atoms with Crippen molar-refractivity contribution in [3.8, 4) is 11.5 Å². The van der Waals surface area contributed by atoms with Crippen LogP contribution >= 0.6 is 0 Å². The van der Waals surface area contributed by atoms with Crippen LogP contribution < -0.4 is 9.47 Å². The summed E-state index contributed by atoms with van der Waals surface area (Å²) in [6.45, 7) is 4.26. The van der Waals surface area contributed by atoms with Crippen LogP contribution in [-0.4, -0.2) is 20.7 Å². The Bertz CT molecular complexity index is 1300. The van der Waals surface area contributed by atoms with Crippen molar-refractivity contribution < 1.29 is 14.3 Å². The van der Waals surface area contributed by atoms with Gasteiger partial charge in [-0.3, -0.25) is 9.78 Å². The molecule has 34 heavy (non-hydrogen) atoms. The number of hydrogen-bond acceptors (Lipinski definition) is 5. The number of Topliss-reactive ketones (excluding diaryl/α,β-unsaturated/α-hetero) is 1. The summed E-state index contributed by atoms with van der Waals surface area (Å²) >= 11 is 0. The van der Waals surface area contributed by atoms with Crippen LogP contribution in [0, 0.1) is 6.92 Å². The predicted molar refractivity (Wildman–Crippen MR) is 129 cm³/mol. The molecule has 0 aliphatic heterocycles. The molecule has 0 saturated heterocycles. The normalized spacial score (nSPS) is 14.8. The molecule has 0 spiro atoms. The number of hydrogen-bond donors (Lipinski definition) is 1. The van der Waals surface area contributed by atoms with Crippen molar-refractivity contribution in [1.29, 1.82) is 0 Å². The number of pyridine rings is 1. The number of nitrogens with zero attached hydrogens (tertiary/aromatic N) is 2. The minimum Gasteiger partial charge on any atom is -0.487 e. The maximum atomic E-state index is 12.7. The standard InChI is InChI=1S/C28H27N3O3/c1-19-15-21(17-29-16-19)33-18-24-22-9-6-10-25(32)23(22)11-12-26(24)34-28(2,27-30-13-14-31-27)20-7-4-3-5-8-20/h3-5,7-8,11-17H,6,9-10,18H2,1-2H3,(H,30,31)/t28-/m0/s1. The summed E-state index contributed by atoms with van der Waals surface area (Å²) in [4.78, 5) is 24.6. The quantitative estimate of drug-likeness (QED) is 0.397. The van der Waals surface area contributed by atoms with E-state index in [0.29, 0.717) is 23.7 Å². The Morgan fingerprint density at radius 1 is 1.09 bits per heavy atom. The van der Waals surface area contributed by atoms with Gasteiger partial charge in [-0.2, -0.15) is 0 Å². The third-order valence-electron chi connectivity index (χ3n) is 6.34. The van der Waals surface area contributed by atoms with Gasteiger partial charge in [-0.25, -0.2) is 4.98 Å². The van der Waals surface area contributed by atoms with Crippen molar-refractivity contribution in [1.82, 2.24) is 15.0 Å². The lowest BCUT2D eigenvalue weighted by Gasteiger charge is -2.32. The molecule has 6 nitrogen and oxygen atoms in total. The van der Waals surface area contributed by atoms with E-state index >= 15 is 0 Å². The summed E-state index contributed by atoms with van der Waals surface area (Å²) in [6.07, 6.45) is 9.21. The van der Waals surface area contributed by atoms with E-state index in [4.69, 9.17) is 9.47 Å². The number of rotatable bonds is 7. The summed E-state index contributed by atoms with van der Waals surface area (Å²) in [5, 5.41) is 0. The molecule has 2 heterocycles. The van der Waals surface area contributed by atoms with Gasteiger partial charge in [0.25, 0.3) is 0 Å². The molecule has 0 fully saturated rings. The van der Waals surface area contributed by atoms with Gasteiger partial charge in [0.15, 0.2) is 17.2 Å². The summed E-state index contributed by atoms with van der Waals surface area (Å²) < 4.78 is 12.9. The van der Waals surface area contributed by atoms with Gasteiger partial charge in [0.2, 0.25) is 0 Å². The van der Waals surface area contributed by atoms with E-state index in [-0.39, 0.29) is 12.4 Å². The number of H-pyrrole nitrogens is 1. The Kier molecular flexibility index (Phi) is 5.88. The maximum absolute atomic E-state index is 12.7. The van der Waals surface area contributed by atoms with Crippen LogP contribution in [0.3, 0.4) is 0 Å². The fourth-order valence-corrected chi connectivity index (χ4v) is 4.54. The summed E-state index contributed by atoms with van der Waals surface area (Å²) in [5.41, 5.74) is 3.78. The van der Waals surface area contributed by atoms with Gasteiger partial charge < -0.3 is 14.5 Å². The van der Waals surface area contributed by atoms with Crippen LogP contribution in [-0.2, 0) is 18.6 Å². The Morgan fingerprint density at radius 2 is 1.94 bits per heavy atom. The smallest absolute Gasteiger partial charge is 0.188 e. The molecule has 6 heteroatoms. The molecule has 0 amide bonds. The molecule has 1 atom stereocenters. The summed E-state index contributed by atoms with van der Waals surface area (Å²) in [6, 6.07) is 15.7. The van der Waals surface area contributed by atoms with E-state index in [1.54, 1.807) is 24.8 Å². The van der Waals surface area contributed by atoms with Gasteiger partial charge in [-0.15, -0.1) is 0 Å². The van der Waals surface area contributed by atoms with Crippen molar-refractivity contribution in [3.05, 3.63) is 107 Å². The second kappa shape index (κ2) is 9.14. The maximum Gasteiger partial charge on any atom is 0.188 e. The van der Waals surface area contributed by atoms with Crippen LogP contribution in [0.15, 0.2) is 73.3 Å². The highest BCUT2D eigenvalue weighted by molar-refractivity contribution is 5.99. The average molecular weight is 454 g/mol. The molecule has 0 bridgehead atoms. The molecule has 0 radical (unpaired) electrons. The van der Waals surface area contributed by atoms with E-state index in [1.165, 1.54) is 0 Å². The summed E-state index contributed by atoms with van der Waals surface area (Å²) in [5.74, 6) is 2.23. The van der Waals surface area contributed by atoms with Crippen molar-refractivity contribution in [2.45, 2.75) is 45.3 Å². The SMILES string of the molecule is Cc1cncc(OCc2c(O[C@@](C)(c3ccccc3)c3ncc[nH]3)ccc3c2CCCC3=O)c1. The van der Waals surface area contributed by atoms with Gasteiger partial charge in [0.05, 0.1) is 6.20 Å². The molecule has 1 aliphatic carbocycles. The van der Waals surface area contributed by atoms with Gasteiger partial charge in [-0.1, -0.05) is 30.3 Å². The lowest BCUT2D eigenvalue weighted by Crippen LogP contribution is -2.33. The zero-order valence-corrected chi connectivity index (χ0v) is 19.4. The molecule has 5 rings (SSSR count). The summed E-state index contributed by atoms with van der Waals surface area (Å²) in [7, 11) is 0. The van der Waals surface area contributed by atoms with Crippen molar-refractivity contribution in [2.75, 3.05) is 0 Å². The lowest BCUT2D eigenvalue weighted by atomic mass is 9.86. The van der Waals surface area contributed by atoms with Crippen LogP contribution in [0.2, 0.25) is 0 Å². The number of nitrogens with one attached hydrogen (secondary N) is 1. The van der Waals surface area contributed by atoms with Crippen molar-refractivity contribution >= 4 is 5.78 Å². The average Bonchev–Trinajstić information content (AvgIpc) is 3.40. The number of fused-ring (bicyclic) bond motifs is 1. The number of imidazole rings is 1. The molecule has 4 aromatic rings. The first-order valence-electron chi connectivity index (χ1n) is 11.5. The van der Waals surface area contributed by atoms with Gasteiger partial charge in [-0.05, 0) is 56.0 Å². The number of ketones is 1. The predicted octanol–water partition coefficient (Wildman–Crippen LogP) is 5.55. The second-order valence-corrected chi connectivity index (χ2v) is 8.77. The molecular weight excluding hydrogens is 426 g/mol. The van der Waals surface area contributed by atoms with Gasteiger partial charge >= 0.3 is 0 Å². The zero-order chi connectivity index (χ0) is 23.5. The Morgan fingerprint density at radius 3 is 2.71 bits per heavy atom. The van der Waals surface area contributed by atoms with Crippen LogP contribution in [0.4, 0.5) is 0 Å². The highest BCUT2D eigenvalue weighted by atomic mass is 16.5. The van der Waals surface area contributed by atoms with E-state index < -0.39 is 5.60 Å². The van der Waals surface area contributed by atoms with Crippen LogP contribution in [0.25, 0.3) is 0 Å². The first-order chi connectivity index (χ1) is 16.5. The van der Waals surface area contributed by atoms with E-state index in [1.807, 2.05) is 62.4 Å². The number of aromatic amines is 1. The monoisotopic (exact) mass is 453 g/mol. The minimum absolute atomic E-state index is 0.170. The van der Waals surface area contributed by atoms with Crippen LogP contribution in [0.1, 0.15) is 58.2 Å². The minimum atomic E-state index is -0.864. The fraction of sp³-hybridized carbons (Fsp3) is 0.250. The molecule has 0 unspecified atom stereocenters. The number of ether oxygens (including phenoxy) is 2. The van der Waals surface area contributed by atoms with E-state index in [0.717, 1.165) is 40.7 Å². The molecule has 2 aromatic carbocycles. The molecule has 0 saturated carbocycles. The third-order valence-corrected chi connectivity index (χ3v) is 6.34. The fourth-order valence-electron chi connectivity index (χ4n) is 4.54. The topological polar surface area (TPSA) is 77.1 Å². The molecular formula is C28H27N3O3. The van der Waals surface area contributed by atoms with Crippen molar-refractivity contribution in [2.24, 2.45) is 0 Å². The Labute approximate surface area is 199 Å². The van der Waals surface area contributed by atoms with Crippen molar-refractivity contribution in [3.63, 3.8) is 0 Å². The first-order valence-corrected chi connectivity index (χ1v) is 11.5. The number of aromatic nitrogens is 3. The number of carbonyl (C=O) groups excluding carboxylic acids is 1. The Balaban J connectivity index is 1.58. The van der Waals surface area contributed by atoms with E-state index in [2.05, 4.69) is 15.0 Å². The number of aryl methyl sites for hydroxylation is 1. The zero-order valence-electron chi connectivity index (χ0n) is 19.4. The molecule has 172 valence electrons. The van der Waals surface area contributed by atoms with Crippen LogP contribution in [0.5, 0.6) is 11.5 Å². The lowest BCUT2D eigenvalue weighted by molar-refractivity contribution is 0.0970. The third kappa shape index (κ3) is 4.19. The van der Waals surface area contributed by atoms with E-state index in [9.17, 15) is 4.79 Å². The molecule has 1 N–H and O–H groups in total. The second-order valence-electron chi connectivity index (χ2n) is 8.77. The molecule has 1 aliphatic rings. The largest absolute Gasteiger partial charge is 0.487 e. The van der Waals surface area contributed by atoms with Gasteiger partial charge in [0.1, 0.15) is 18.1 Å². The Hall–Kier alpha value is -3.93.